The Morgan fingerprint density at radius 2 is 1.73 bits per heavy atom. The smallest absolute Gasteiger partial charge is 0.191 e. The summed E-state index contributed by atoms with van der Waals surface area (Å²) in [7, 11) is 2.21. The Morgan fingerprint density at radius 3 is 2.31 bits per heavy atom. The zero-order chi connectivity index (χ0) is 18.9. The number of rotatable bonds is 7. The Bertz CT molecular complexity index is 535. The number of benzene rings is 1. The number of hydrogen-bond acceptors (Lipinski definition) is 3. The number of likely N-dealkylation sites (N-methyl/N-ethyl adjacent to an activating group) is 1. The summed E-state index contributed by atoms with van der Waals surface area (Å²) in [5.41, 5.74) is 1.28. The monoisotopic (exact) mass is 359 g/mol. The Hall–Kier alpha value is -1.59. The third-order valence-electron chi connectivity index (χ3n) is 5.21. The highest BCUT2D eigenvalue weighted by molar-refractivity contribution is 5.80. The average Bonchev–Trinajstić information content (AvgIpc) is 2.64. The Balaban J connectivity index is 2.01. The first-order valence-corrected chi connectivity index (χ1v) is 10.0. The highest BCUT2D eigenvalue weighted by atomic mass is 15.3. The maximum absolute atomic E-state index is 4.93. The van der Waals surface area contributed by atoms with Crippen LogP contribution in [0.3, 0.4) is 0 Å². The molecule has 0 bridgehead atoms. The highest BCUT2D eigenvalue weighted by Gasteiger charge is 2.24. The van der Waals surface area contributed by atoms with Gasteiger partial charge in [0.25, 0.3) is 0 Å². The van der Waals surface area contributed by atoms with Gasteiger partial charge in [0.2, 0.25) is 0 Å². The normalized spacial score (nSPS) is 19.4. The summed E-state index contributed by atoms with van der Waals surface area (Å²) in [5, 5.41) is 6.95. The van der Waals surface area contributed by atoms with Crippen molar-refractivity contribution in [1.82, 2.24) is 20.4 Å². The van der Waals surface area contributed by atoms with Gasteiger partial charge >= 0.3 is 0 Å². The maximum Gasteiger partial charge on any atom is 0.191 e. The van der Waals surface area contributed by atoms with E-state index in [4.69, 9.17) is 4.99 Å². The zero-order valence-electron chi connectivity index (χ0n) is 17.2. The second-order valence-electron chi connectivity index (χ2n) is 7.65. The Labute approximate surface area is 159 Å². The van der Waals surface area contributed by atoms with Crippen LogP contribution in [-0.2, 0) is 0 Å². The van der Waals surface area contributed by atoms with Gasteiger partial charge in [-0.25, -0.2) is 0 Å². The second kappa shape index (κ2) is 10.5. The van der Waals surface area contributed by atoms with E-state index >= 15 is 0 Å². The molecular formula is C21H37N5. The topological polar surface area (TPSA) is 42.9 Å². The molecule has 2 atom stereocenters. The molecule has 1 aliphatic rings. The summed E-state index contributed by atoms with van der Waals surface area (Å²) in [6.45, 7) is 15.2. The van der Waals surface area contributed by atoms with Gasteiger partial charge in [0, 0.05) is 38.8 Å². The molecule has 26 heavy (non-hydrogen) atoms. The lowest BCUT2D eigenvalue weighted by Gasteiger charge is -2.39. The van der Waals surface area contributed by atoms with Gasteiger partial charge in [-0.1, -0.05) is 44.2 Å². The van der Waals surface area contributed by atoms with Gasteiger partial charge in [-0.05, 0) is 32.4 Å². The zero-order valence-corrected chi connectivity index (χ0v) is 17.2. The first-order valence-electron chi connectivity index (χ1n) is 10.0. The van der Waals surface area contributed by atoms with Crippen molar-refractivity contribution in [3.05, 3.63) is 35.9 Å². The van der Waals surface area contributed by atoms with Crippen LogP contribution in [0.15, 0.2) is 35.3 Å². The average molecular weight is 360 g/mol. The summed E-state index contributed by atoms with van der Waals surface area (Å²) in [4.78, 5) is 9.95. The molecule has 1 heterocycles. The number of aliphatic imine (C=N–C) groups is 1. The lowest BCUT2D eigenvalue weighted by molar-refractivity contribution is 0.0925. The number of hydrogen-bond donors (Lipinski definition) is 2. The number of guanidine groups is 1. The molecule has 0 radical (unpaired) electrons. The predicted molar refractivity (Wildman–Crippen MR) is 112 cm³/mol. The van der Waals surface area contributed by atoms with Gasteiger partial charge < -0.3 is 15.5 Å². The summed E-state index contributed by atoms with van der Waals surface area (Å²) in [6.07, 6.45) is 0. The SMILES string of the molecule is CCNC(=NCC(C(C)C)N1CCN(C)CC1)NC(C)c1ccccc1. The summed E-state index contributed by atoms with van der Waals surface area (Å²) >= 11 is 0. The maximum atomic E-state index is 4.93. The van der Waals surface area contributed by atoms with E-state index in [2.05, 4.69) is 85.5 Å². The summed E-state index contributed by atoms with van der Waals surface area (Å²) in [5.74, 6) is 1.50. The third-order valence-corrected chi connectivity index (χ3v) is 5.21. The number of nitrogens with one attached hydrogen (secondary N) is 2. The largest absolute Gasteiger partial charge is 0.357 e. The van der Waals surface area contributed by atoms with E-state index in [1.165, 1.54) is 5.56 Å². The van der Waals surface area contributed by atoms with Crippen molar-refractivity contribution in [2.45, 2.75) is 39.8 Å². The minimum Gasteiger partial charge on any atom is -0.357 e. The molecule has 1 saturated heterocycles. The molecule has 0 saturated carbocycles. The lowest BCUT2D eigenvalue weighted by Crippen LogP contribution is -2.52. The van der Waals surface area contributed by atoms with Gasteiger partial charge in [-0.15, -0.1) is 0 Å². The van der Waals surface area contributed by atoms with E-state index in [0.717, 1.165) is 45.2 Å². The molecule has 1 aliphatic heterocycles. The quantitative estimate of drug-likeness (QED) is 0.580. The van der Waals surface area contributed by atoms with Crippen LogP contribution in [-0.4, -0.2) is 68.1 Å². The number of piperazine rings is 1. The van der Waals surface area contributed by atoms with E-state index in [0.29, 0.717) is 12.0 Å². The fourth-order valence-corrected chi connectivity index (χ4v) is 3.44. The van der Waals surface area contributed by atoms with Crippen molar-refractivity contribution >= 4 is 5.96 Å². The van der Waals surface area contributed by atoms with E-state index in [1.54, 1.807) is 0 Å². The van der Waals surface area contributed by atoms with Crippen LogP contribution in [0.5, 0.6) is 0 Å². The molecule has 2 N–H and O–H groups in total. The predicted octanol–water partition coefficient (Wildman–Crippen LogP) is 2.57. The molecule has 5 heteroatoms. The van der Waals surface area contributed by atoms with Gasteiger partial charge in [0.05, 0.1) is 12.6 Å². The van der Waals surface area contributed by atoms with E-state index < -0.39 is 0 Å². The molecule has 2 unspecified atom stereocenters. The summed E-state index contributed by atoms with van der Waals surface area (Å²) < 4.78 is 0. The van der Waals surface area contributed by atoms with Crippen LogP contribution in [0.25, 0.3) is 0 Å². The molecule has 1 aromatic carbocycles. The van der Waals surface area contributed by atoms with E-state index in [9.17, 15) is 0 Å². The molecule has 0 aromatic heterocycles. The molecule has 0 aliphatic carbocycles. The van der Waals surface area contributed by atoms with Crippen LogP contribution < -0.4 is 10.6 Å². The van der Waals surface area contributed by atoms with Crippen LogP contribution in [0.1, 0.15) is 39.3 Å². The molecule has 5 nitrogen and oxygen atoms in total. The standard InChI is InChI=1S/C21H37N5/c1-6-22-21(24-18(4)19-10-8-7-9-11-19)23-16-20(17(2)3)26-14-12-25(5)13-15-26/h7-11,17-18,20H,6,12-16H2,1-5H3,(H2,22,23,24). The fourth-order valence-electron chi connectivity index (χ4n) is 3.44. The first kappa shape index (κ1) is 20.7. The fraction of sp³-hybridized carbons (Fsp3) is 0.667. The minimum atomic E-state index is 0.232. The molecular weight excluding hydrogens is 322 g/mol. The van der Waals surface area contributed by atoms with E-state index in [-0.39, 0.29) is 6.04 Å². The van der Waals surface area contributed by atoms with Gasteiger partial charge in [0.15, 0.2) is 5.96 Å². The minimum absolute atomic E-state index is 0.232. The second-order valence-corrected chi connectivity index (χ2v) is 7.65. The van der Waals surface area contributed by atoms with Crippen molar-refractivity contribution in [3.8, 4) is 0 Å². The Morgan fingerprint density at radius 1 is 1.08 bits per heavy atom. The van der Waals surface area contributed by atoms with Crippen LogP contribution >= 0.6 is 0 Å². The molecule has 0 amide bonds. The molecule has 2 rings (SSSR count). The summed E-state index contributed by atoms with van der Waals surface area (Å²) in [6, 6.07) is 11.3. The van der Waals surface area contributed by atoms with Gasteiger partial charge in [-0.3, -0.25) is 9.89 Å². The molecule has 0 spiro atoms. The Kier molecular flexibility index (Phi) is 8.39. The van der Waals surface area contributed by atoms with Gasteiger partial charge in [-0.2, -0.15) is 0 Å². The van der Waals surface area contributed by atoms with Crippen molar-refractivity contribution in [3.63, 3.8) is 0 Å². The highest BCUT2D eigenvalue weighted by Crippen LogP contribution is 2.15. The molecule has 1 fully saturated rings. The lowest BCUT2D eigenvalue weighted by atomic mass is 10.0. The van der Waals surface area contributed by atoms with Crippen molar-refractivity contribution in [2.75, 3.05) is 46.3 Å². The van der Waals surface area contributed by atoms with Crippen LogP contribution in [0.4, 0.5) is 0 Å². The third kappa shape index (κ3) is 6.29. The molecule has 1 aromatic rings. The molecule has 146 valence electrons. The number of nitrogens with zero attached hydrogens (tertiary/aromatic N) is 3. The first-order chi connectivity index (χ1) is 12.5. The van der Waals surface area contributed by atoms with Crippen molar-refractivity contribution < 1.29 is 0 Å². The van der Waals surface area contributed by atoms with Gasteiger partial charge in [0.1, 0.15) is 0 Å². The van der Waals surface area contributed by atoms with Crippen LogP contribution in [0, 0.1) is 5.92 Å². The van der Waals surface area contributed by atoms with Crippen LogP contribution in [0.2, 0.25) is 0 Å². The van der Waals surface area contributed by atoms with Crippen molar-refractivity contribution in [2.24, 2.45) is 10.9 Å². The van der Waals surface area contributed by atoms with E-state index in [1.807, 2.05) is 0 Å². The van der Waals surface area contributed by atoms with Crippen molar-refractivity contribution in [1.29, 1.82) is 0 Å².